The van der Waals surface area contributed by atoms with Crippen molar-refractivity contribution in [2.75, 3.05) is 18.8 Å². The van der Waals surface area contributed by atoms with E-state index in [1.54, 1.807) is 16.4 Å². The molecule has 0 radical (unpaired) electrons. The van der Waals surface area contributed by atoms with Crippen LogP contribution in [0.25, 0.3) is 0 Å². The quantitative estimate of drug-likeness (QED) is 0.842. The van der Waals surface area contributed by atoms with Gasteiger partial charge in [-0.3, -0.25) is 0 Å². The molecule has 2 rings (SSSR count). The molecule has 5 heteroatoms. The smallest absolute Gasteiger partial charge is 0.207 e. The molecular weight excluding hydrogens is 278 g/mol. The van der Waals surface area contributed by atoms with Crippen LogP contribution in [0, 0.1) is 6.92 Å². The van der Waals surface area contributed by atoms with Crippen molar-refractivity contribution in [1.29, 1.82) is 0 Å². The van der Waals surface area contributed by atoms with Crippen molar-refractivity contribution >= 4 is 21.8 Å². The summed E-state index contributed by atoms with van der Waals surface area (Å²) in [7, 11) is -3.35. The lowest BCUT2D eigenvalue weighted by atomic mass is 10.1. The molecule has 0 aliphatic carbocycles. The van der Waals surface area contributed by atoms with Gasteiger partial charge >= 0.3 is 0 Å². The number of hydrogen-bond donors (Lipinski definition) is 0. The number of sulfonamides is 1. The van der Waals surface area contributed by atoms with Gasteiger partial charge in [-0.2, -0.15) is 16.1 Å². The van der Waals surface area contributed by atoms with Crippen LogP contribution < -0.4 is 0 Å². The van der Waals surface area contributed by atoms with Crippen molar-refractivity contribution in [3.05, 3.63) is 29.8 Å². The molecule has 106 valence electrons. The van der Waals surface area contributed by atoms with E-state index in [0.717, 1.165) is 17.7 Å². The topological polar surface area (TPSA) is 37.4 Å². The first-order valence-electron chi connectivity index (χ1n) is 6.53. The first-order chi connectivity index (χ1) is 8.83. The van der Waals surface area contributed by atoms with Gasteiger partial charge < -0.3 is 0 Å². The summed E-state index contributed by atoms with van der Waals surface area (Å²) in [4.78, 5) is 0.444. The van der Waals surface area contributed by atoms with Crippen molar-refractivity contribution in [1.82, 2.24) is 4.31 Å². The third-order valence-electron chi connectivity index (χ3n) is 3.51. The lowest BCUT2D eigenvalue weighted by molar-refractivity contribution is 0.415. The van der Waals surface area contributed by atoms with Crippen molar-refractivity contribution in [2.24, 2.45) is 0 Å². The van der Waals surface area contributed by atoms with Crippen LogP contribution >= 0.6 is 11.8 Å². The van der Waals surface area contributed by atoms with E-state index in [-0.39, 0.29) is 4.75 Å². The molecule has 0 saturated carbocycles. The van der Waals surface area contributed by atoms with E-state index in [1.807, 2.05) is 30.8 Å². The Balaban J connectivity index is 2.28. The van der Waals surface area contributed by atoms with Gasteiger partial charge in [0.25, 0.3) is 0 Å². The van der Waals surface area contributed by atoms with Gasteiger partial charge in [0.15, 0.2) is 0 Å². The van der Waals surface area contributed by atoms with Crippen LogP contribution in [0.15, 0.2) is 29.2 Å². The normalized spacial score (nSPS) is 21.0. The molecule has 1 aromatic carbocycles. The second-order valence-corrected chi connectivity index (χ2v) is 9.24. The number of hydrogen-bond acceptors (Lipinski definition) is 3. The minimum atomic E-state index is -3.35. The molecule has 1 saturated heterocycles. The average molecular weight is 299 g/mol. The molecule has 0 N–H and O–H groups in total. The van der Waals surface area contributed by atoms with Gasteiger partial charge in [0.05, 0.1) is 4.90 Å². The van der Waals surface area contributed by atoms with Crippen LogP contribution in [0.1, 0.15) is 25.8 Å². The molecule has 0 amide bonds. The van der Waals surface area contributed by atoms with Gasteiger partial charge in [-0.25, -0.2) is 8.42 Å². The summed E-state index contributed by atoms with van der Waals surface area (Å²) in [5, 5.41) is 0. The zero-order valence-electron chi connectivity index (χ0n) is 11.7. The van der Waals surface area contributed by atoms with E-state index in [4.69, 9.17) is 0 Å². The van der Waals surface area contributed by atoms with Crippen LogP contribution in [-0.2, 0) is 10.0 Å². The van der Waals surface area contributed by atoms with E-state index in [2.05, 4.69) is 13.8 Å². The Morgan fingerprint density at radius 2 is 1.89 bits per heavy atom. The molecule has 0 unspecified atom stereocenters. The molecule has 1 aliphatic heterocycles. The van der Waals surface area contributed by atoms with Gasteiger partial charge in [-0.05, 0) is 25.0 Å². The fourth-order valence-electron chi connectivity index (χ4n) is 2.23. The van der Waals surface area contributed by atoms with E-state index >= 15 is 0 Å². The van der Waals surface area contributed by atoms with Crippen molar-refractivity contribution in [3.63, 3.8) is 0 Å². The summed E-state index contributed by atoms with van der Waals surface area (Å²) < 4.78 is 27.2. The van der Waals surface area contributed by atoms with Crippen LogP contribution in [0.2, 0.25) is 0 Å². The summed E-state index contributed by atoms with van der Waals surface area (Å²) >= 11 is 1.85. The predicted molar refractivity (Wildman–Crippen MR) is 81.1 cm³/mol. The average Bonchev–Trinajstić information content (AvgIpc) is 2.51. The summed E-state index contributed by atoms with van der Waals surface area (Å²) in [5.74, 6) is 0.859. The fraction of sp³-hybridized carbons (Fsp3) is 0.571. The monoisotopic (exact) mass is 299 g/mol. The SMILES string of the molecule is Cc1ccccc1S(=O)(=O)N1CCSC(C)(C)CC1. The first kappa shape index (κ1) is 14.9. The van der Waals surface area contributed by atoms with Crippen molar-refractivity contribution in [2.45, 2.75) is 36.8 Å². The Hall–Kier alpha value is -0.520. The molecule has 0 aromatic heterocycles. The highest BCUT2D eigenvalue weighted by Gasteiger charge is 2.31. The van der Waals surface area contributed by atoms with Crippen molar-refractivity contribution < 1.29 is 8.42 Å². The minimum Gasteiger partial charge on any atom is -0.207 e. The third kappa shape index (κ3) is 3.33. The van der Waals surface area contributed by atoms with Crippen LogP contribution in [0.5, 0.6) is 0 Å². The molecule has 1 heterocycles. The molecule has 0 bridgehead atoms. The van der Waals surface area contributed by atoms with Crippen LogP contribution in [0.3, 0.4) is 0 Å². The second kappa shape index (κ2) is 5.46. The van der Waals surface area contributed by atoms with E-state index in [1.165, 1.54) is 0 Å². The van der Waals surface area contributed by atoms with Gasteiger partial charge in [0.1, 0.15) is 0 Å². The molecular formula is C14H21NO2S2. The molecule has 19 heavy (non-hydrogen) atoms. The predicted octanol–water partition coefficient (Wildman–Crippen LogP) is 2.90. The molecule has 0 atom stereocenters. The first-order valence-corrected chi connectivity index (χ1v) is 8.95. The summed E-state index contributed by atoms with van der Waals surface area (Å²) in [6, 6.07) is 7.21. The maximum Gasteiger partial charge on any atom is 0.243 e. The Morgan fingerprint density at radius 3 is 2.58 bits per heavy atom. The zero-order valence-corrected chi connectivity index (χ0v) is 13.4. The Bertz CT molecular complexity index is 552. The second-order valence-electron chi connectivity index (χ2n) is 5.53. The Labute approximate surface area is 120 Å². The summed E-state index contributed by atoms with van der Waals surface area (Å²) in [6.45, 7) is 7.42. The largest absolute Gasteiger partial charge is 0.243 e. The fourth-order valence-corrected chi connectivity index (χ4v) is 5.11. The molecule has 1 aromatic rings. The highest BCUT2D eigenvalue weighted by atomic mass is 32.2. The van der Waals surface area contributed by atoms with E-state index < -0.39 is 10.0 Å². The Morgan fingerprint density at radius 1 is 1.21 bits per heavy atom. The maximum atomic E-state index is 12.7. The number of benzene rings is 1. The van der Waals surface area contributed by atoms with Gasteiger partial charge in [-0.15, -0.1) is 0 Å². The highest BCUT2D eigenvalue weighted by molar-refractivity contribution is 8.00. The van der Waals surface area contributed by atoms with Gasteiger partial charge in [-0.1, -0.05) is 32.0 Å². The molecule has 0 spiro atoms. The lowest BCUT2D eigenvalue weighted by Gasteiger charge is -2.23. The number of aryl methyl sites for hydroxylation is 1. The summed E-state index contributed by atoms with van der Waals surface area (Å²) in [5.41, 5.74) is 0.818. The van der Waals surface area contributed by atoms with Crippen molar-refractivity contribution in [3.8, 4) is 0 Å². The highest BCUT2D eigenvalue weighted by Crippen LogP contribution is 2.32. The molecule has 3 nitrogen and oxygen atoms in total. The van der Waals surface area contributed by atoms with E-state index in [9.17, 15) is 8.42 Å². The zero-order chi connectivity index (χ0) is 14.1. The molecule has 1 fully saturated rings. The number of thioether (sulfide) groups is 1. The van der Waals surface area contributed by atoms with E-state index in [0.29, 0.717) is 18.0 Å². The van der Waals surface area contributed by atoms with Gasteiger partial charge in [0, 0.05) is 23.6 Å². The summed E-state index contributed by atoms with van der Waals surface area (Å²) in [6.07, 6.45) is 0.892. The van der Waals surface area contributed by atoms with Gasteiger partial charge in [0.2, 0.25) is 10.0 Å². The standard InChI is InChI=1S/C14H21NO2S2/c1-12-6-4-5-7-13(12)19(16,17)15-9-8-14(2,3)18-11-10-15/h4-7H,8-11H2,1-3H3. The lowest BCUT2D eigenvalue weighted by Crippen LogP contribution is -2.34. The number of rotatable bonds is 2. The third-order valence-corrected chi connectivity index (χ3v) is 6.94. The number of nitrogens with zero attached hydrogens (tertiary/aromatic N) is 1. The Kier molecular flexibility index (Phi) is 4.28. The minimum absolute atomic E-state index is 0.163. The van der Waals surface area contributed by atoms with Crippen LogP contribution in [0.4, 0.5) is 0 Å². The van der Waals surface area contributed by atoms with Crippen LogP contribution in [-0.4, -0.2) is 36.3 Å². The maximum absolute atomic E-state index is 12.7. The molecule has 1 aliphatic rings.